The van der Waals surface area contributed by atoms with Gasteiger partial charge in [0.15, 0.2) is 6.10 Å². The van der Waals surface area contributed by atoms with E-state index >= 15 is 0 Å². The summed E-state index contributed by atoms with van der Waals surface area (Å²) in [6, 6.07) is 0. The molecule has 0 amide bonds. The molecule has 0 aliphatic rings. The van der Waals surface area contributed by atoms with E-state index in [0.717, 1.165) is 0 Å². The fourth-order valence-corrected chi connectivity index (χ4v) is 2.32. The number of carbonyl (C=O) groups is 1. The van der Waals surface area contributed by atoms with Gasteiger partial charge in [0.1, 0.15) is 0 Å². The number of hydrogen-bond acceptors (Lipinski definition) is 6. The first kappa shape index (κ1) is 16.5. The standard InChI is InChI=1S/C10H22O6Si/c1-8(15-10(2,3)4)9(11)16-17(12-5,13-6)14-7/h8H,1-7H3. The van der Waals surface area contributed by atoms with Crippen LogP contribution in [0.15, 0.2) is 0 Å². The van der Waals surface area contributed by atoms with Crippen LogP contribution in [0.5, 0.6) is 0 Å². The normalized spacial score (nSPS) is 14.5. The van der Waals surface area contributed by atoms with Crippen LogP contribution in [0.3, 0.4) is 0 Å². The molecule has 0 aliphatic carbocycles. The Hall–Kier alpha value is -0.473. The Bertz CT molecular complexity index is 237. The van der Waals surface area contributed by atoms with Gasteiger partial charge in [-0.1, -0.05) is 0 Å². The highest BCUT2D eigenvalue weighted by Crippen LogP contribution is 2.15. The summed E-state index contributed by atoms with van der Waals surface area (Å²) in [5.41, 5.74) is -0.435. The van der Waals surface area contributed by atoms with Crippen molar-refractivity contribution in [1.82, 2.24) is 0 Å². The van der Waals surface area contributed by atoms with Crippen molar-refractivity contribution < 1.29 is 27.2 Å². The van der Waals surface area contributed by atoms with Gasteiger partial charge in [0.05, 0.1) is 5.60 Å². The van der Waals surface area contributed by atoms with Gasteiger partial charge in [0.25, 0.3) is 0 Å². The highest BCUT2D eigenvalue weighted by molar-refractivity contribution is 6.55. The average molecular weight is 266 g/mol. The van der Waals surface area contributed by atoms with E-state index < -0.39 is 26.7 Å². The molecule has 0 fully saturated rings. The molecule has 1 unspecified atom stereocenters. The summed E-state index contributed by atoms with van der Waals surface area (Å²) >= 11 is 0. The Morgan fingerprint density at radius 3 is 1.76 bits per heavy atom. The van der Waals surface area contributed by atoms with Crippen LogP contribution in [0.1, 0.15) is 27.7 Å². The number of ether oxygens (including phenoxy) is 1. The van der Waals surface area contributed by atoms with Gasteiger partial charge < -0.3 is 22.4 Å². The number of carbonyl (C=O) groups excluding carboxylic acids is 1. The van der Waals surface area contributed by atoms with E-state index in [-0.39, 0.29) is 0 Å². The first-order valence-electron chi connectivity index (χ1n) is 5.26. The number of hydrogen-bond donors (Lipinski definition) is 0. The maximum Gasteiger partial charge on any atom is 0.750 e. The van der Waals surface area contributed by atoms with Gasteiger partial charge in [-0.15, -0.1) is 0 Å². The highest BCUT2D eigenvalue weighted by Gasteiger charge is 2.48. The third-order valence-electron chi connectivity index (χ3n) is 1.84. The van der Waals surface area contributed by atoms with Crippen molar-refractivity contribution in [1.29, 1.82) is 0 Å². The van der Waals surface area contributed by atoms with Crippen molar-refractivity contribution in [2.45, 2.75) is 39.4 Å². The summed E-state index contributed by atoms with van der Waals surface area (Å²) in [4.78, 5) is 11.8. The third kappa shape index (κ3) is 5.60. The van der Waals surface area contributed by atoms with Crippen molar-refractivity contribution in [2.24, 2.45) is 0 Å². The molecule has 102 valence electrons. The maximum absolute atomic E-state index is 11.8. The quantitative estimate of drug-likeness (QED) is 0.671. The maximum atomic E-state index is 11.8. The lowest BCUT2D eigenvalue weighted by Crippen LogP contribution is -2.50. The molecular formula is C10H22O6Si. The predicted molar refractivity (Wildman–Crippen MR) is 63.2 cm³/mol. The minimum atomic E-state index is -3.35. The summed E-state index contributed by atoms with van der Waals surface area (Å²) in [5.74, 6) is -0.572. The Labute approximate surface area is 104 Å². The van der Waals surface area contributed by atoms with Crippen LogP contribution in [-0.4, -0.2) is 48.1 Å². The zero-order valence-corrected chi connectivity index (χ0v) is 12.5. The van der Waals surface area contributed by atoms with Gasteiger partial charge in [-0.2, -0.15) is 0 Å². The SMILES string of the molecule is CO[Si](OC)(OC)OC(=O)C(C)OC(C)(C)C. The predicted octanol–water partition coefficient (Wildman–Crippen LogP) is 1.11. The lowest BCUT2D eigenvalue weighted by Gasteiger charge is -2.27. The van der Waals surface area contributed by atoms with Crippen LogP contribution in [0, 0.1) is 0 Å². The molecule has 0 aromatic rings. The Kier molecular flexibility index (Phi) is 6.28. The largest absolute Gasteiger partial charge is 0.750 e. The molecule has 1 atom stereocenters. The molecule has 7 heteroatoms. The zero-order valence-electron chi connectivity index (χ0n) is 11.5. The molecule has 0 radical (unpaired) electrons. The monoisotopic (exact) mass is 266 g/mol. The van der Waals surface area contributed by atoms with Crippen LogP contribution in [0.4, 0.5) is 0 Å². The minimum Gasteiger partial charge on any atom is -0.450 e. The lowest BCUT2D eigenvalue weighted by atomic mass is 10.2. The minimum absolute atomic E-state index is 0.435. The van der Waals surface area contributed by atoms with Crippen LogP contribution in [-0.2, 0) is 27.2 Å². The van der Waals surface area contributed by atoms with Gasteiger partial charge in [0.2, 0.25) is 0 Å². The van der Waals surface area contributed by atoms with Gasteiger partial charge in [0, 0.05) is 21.3 Å². The molecule has 0 rings (SSSR count). The molecule has 0 aromatic carbocycles. The molecule has 17 heavy (non-hydrogen) atoms. The smallest absolute Gasteiger partial charge is 0.450 e. The molecule has 0 heterocycles. The van der Waals surface area contributed by atoms with Crippen LogP contribution < -0.4 is 0 Å². The molecule has 0 aromatic heterocycles. The van der Waals surface area contributed by atoms with Crippen molar-refractivity contribution in [3.05, 3.63) is 0 Å². The first-order valence-corrected chi connectivity index (χ1v) is 6.89. The fraction of sp³-hybridized carbons (Fsp3) is 0.900. The van der Waals surface area contributed by atoms with E-state index in [0.29, 0.717) is 0 Å². The molecular weight excluding hydrogens is 244 g/mol. The summed E-state index contributed by atoms with van der Waals surface area (Å²) in [7, 11) is 0.740. The fourth-order valence-electron chi connectivity index (χ4n) is 1.16. The third-order valence-corrected chi connectivity index (χ3v) is 3.79. The van der Waals surface area contributed by atoms with Crippen molar-refractivity contribution >= 4 is 15.0 Å². The first-order chi connectivity index (χ1) is 7.69. The van der Waals surface area contributed by atoms with E-state index in [1.54, 1.807) is 6.92 Å². The van der Waals surface area contributed by atoms with Crippen molar-refractivity contribution in [3.63, 3.8) is 0 Å². The topological polar surface area (TPSA) is 63.2 Å². The van der Waals surface area contributed by atoms with Gasteiger partial charge in [-0.25, -0.2) is 0 Å². The second kappa shape index (κ2) is 6.46. The molecule has 0 saturated heterocycles. The van der Waals surface area contributed by atoms with Crippen LogP contribution in [0.2, 0.25) is 0 Å². The van der Waals surface area contributed by atoms with Crippen LogP contribution >= 0.6 is 0 Å². The lowest BCUT2D eigenvalue weighted by molar-refractivity contribution is -0.163. The van der Waals surface area contributed by atoms with Gasteiger partial charge in [-0.3, -0.25) is 4.79 Å². The zero-order chi connectivity index (χ0) is 13.7. The van der Waals surface area contributed by atoms with Gasteiger partial charge >= 0.3 is 15.0 Å². The summed E-state index contributed by atoms with van der Waals surface area (Å²) < 4.78 is 25.5. The second-order valence-electron chi connectivity index (χ2n) is 4.41. The molecule has 0 bridgehead atoms. The van der Waals surface area contributed by atoms with Gasteiger partial charge in [-0.05, 0) is 27.7 Å². The van der Waals surface area contributed by atoms with E-state index in [9.17, 15) is 4.79 Å². The Balaban J connectivity index is 4.52. The van der Waals surface area contributed by atoms with E-state index in [1.807, 2.05) is 20.8 Å². The van der Waals surface area contributed by atoms with E-state index in [4.69, 9.17) is 22.4 Å². The van der Waals surface area contributed by atoms with E-state index in [2.05, 4.69) is 0 Å². The second-order valence-corrected chi connectivity index (χ2v) is 6.83. The molecule has 0 aliphatic heterocycles. The summed E-state index contributed by atoms with van der Waals surface area (Å²) in [6.07, 6.45) is -0.720. The summed E-state index contributed by atoms with van der Waals surface area (Å²) in [5, 5.41) is 0. The average Bonchev–Trinajstić information content (AvgIpc) is 2.23. The Morgan fingerprint density at radius 1 is 1.06 bits per heavy atom. The molecule has 6 nitrogen and oxygen atoms in total. The van der Waals surface area contributed by atoms with E-state index in [1.165, 1.54) is 21.3 Å². The highest BCUT2D eigenvalue weighted by atomic mass is 28.4. The van der Waals surface area contributed by atoms with Crippen molar-refractivity contribution in [2.75, 3.05) is 21.3 Å². The van der Waals surface area contributed by atoms with Crippen molar-refractivity contribution in [3.8, 4) is 0 Å². The molecule has 0 saturated carbocycles. The molecule has 0 N–H and O–H groups in total. The molecule has 0 spiro atoms. The summed E-state index contributed by atoms with van der Waals surface area (Å²) in [6.45, 7) is 7.16. The number of rotatable bonds is 6. The Morgan fingerprint density at radius 2 is 1.47 bits per heavy atom. The van der Waals surface area contributed by atoms with Crippen LogP contribution in [0.25, 0.3) is 0 Å².